The number of likely N-dealkylation sites (tertiary alicyclic amines) is 1. The summed E-state index contributed by atoms with van der Waals surface area (Å²) in [6.07, 6.45) is 1.05. The summed E-state index contributed by atoms with van der Waals surface area (Å²) in [5.74, 6) is 0.765. The van der Waals surface area contributed by atoms with Crippen LogP contribution in [0.3, 0.4) is 0 Å². The number of aliphatic hydroxyl groups is 1. The molecule has 21 heavy (non-hydrogen) atoms. The fourth-order valence-corrected chi connectivity index (χ4v) is 2.56. The van der Waals surface area contributed by atoms with Crippen molar-refractivity contribution in [3.05, 3.63) is 29.8 Å². The molecule has 0 spiro atoms. The third kappa shape index (κ3) is 4.21. The quantitative estimate of drug-likeness (QED) is 0.930. The van der Waals surface area contributed by atoms with Gasteiger partial charge in [0.2, 0.25) is 0 Å². The molecule has 1 aromatic carbocycles. The van der Waals surface area contributed by atoms with Crippen LogP contribution in [0.2, 0.25) is 0 Å². The molecule has 0 aromatic heterocycles. The minimum Gasteiger partial charge on any atom is -0.483 e. The van der Waals surface area contributed by atoms with Crippen LogP contribution >= 0.6 is 0 Å². The Hall–Kier alpha value is -1.55. The molecule has 1 aliphatic rings. The first-order chi connectivity index (χ1) is 9.88. The van der Waals surface area contributed by atoms with E-state index in [4.69, 9.17) is 4.74 Å². The Morgan fingerprint density at radius 3 is 2.52 bits per heavy atom. The average molecular weight is 291 g/mol. The predicted molar refractivity (Wildman–Crippen MR) is 82.5 cm³/mol. The van der Waals surface area contributed by atoms with Crippen molar-refractivity contribution in [1.29, 1.82) is 0 Å². The topological polar surface area (TPSA) is 49.8 Å². The van der Waals surface area contributed by atoms with Gasteiger partial charge in [-0.05, 0) is 29.9 Å². The van der Waals surface area contributed by atoms with Crippen molar-refractivity contribution in [3.63, 3.8) is 0 Å². The second kappa shape index (κ2) is 6.48. The minimum atomic E-state index is -0.267. The number of hydrogen-bond acceptors (Lipinski definition) is 3. The summed E-state index contributed by atoms with van der Waals surface area (Å²) in [5, 5.41) is 9.47. The van der Waals surface area contributed by atoms with Crippen molar-refractivity contribution in [2.45, 2.75) is 45.1 Å². The first kappa shape index (κ1) is 15.8. The summed E-state index contributed by atoms with van der Waals surface area (Å²) in [7, 11) is 0. The van der Waals surface area contributed by atoms with Crippen molar-refractivity contribution in [3.8, 4) is 5.75 Å². The molecule has 1 fully saturated rings. The molecule has 2 rings (SSSR count). The molecule has 0 aliphatic carbocycles. The smallest absolute Gasteiger partial charge is 0.260 e. The maximum Gasteiger partial charge on any atom is 0.260 e. The third-order valence-electron chi connectivity index (χ3n) is 3.86. The maximum atomic E-state index is 12.2. The summed E-state index contributed by atoms with van der Waals surface area (Å²) in [4.78, 5) is 13.9. The number of benzene rings is 1. The Kier molecular flexibility index (Phi) is 4.88. The Labute approximate surface area is 126 Å². The molecule has 1 aliphatic heterocycles. The number of para-hydroxylation sites is 1. The second-order valence-corrected chi connectivity index (χ2v) is 6.65. The van der Waals surface area contributed by atoms with Crippen molar-refractivity contribution in [2.24, 2.45) is 0 Å². The number of rotatable bonds is 3. The van der Waals surface area contributed by atoms with Crippen molar-refractivity contribution < 1.29 is 14.6 Å². The molecule has 116 valence electrons. The molecule has 1 N–H and O–H groups in total. The van der Waals surface area contributed by atoms with Crippen LogP contribution in [0.4, 0.5) is 0 Å². The van der Waals surface area contributed by atoms with Gasteiger partial charge in [-0.25, -0.2) is 0 Å². The van der Waals surface area contributed by atoms with E-state index < -0.39 is 0 Å². The van der Waals surface area contributed by atoms with Gasteiger partial charge in [0, 0.05) is 13.1 Å². The fourth-order valence-electron chi connectivity index (χ4n) is 2.56. The van der Waals surface area contributed by atoms with Gasteiger partial charge in [0.15, 0.2) is 6.61 Å². The highest BCUT2D eigenvalue weighted by Crippen LogP contribution is 2.30. The fraction of sp³-hybridized carbons (Fsp3) is 0.588. The molecule has 1 saturated heterocycles. The molecule has 1 amide bonds. The normalized spacial score (nSPS) is 16.9. The van der Waals surface area contributed by atoms with E-state index in [9.17, 15) is 9.90 Å². The minimum absolute atomic E-state index is 0.00869. The number of piperidine rings is 1. The number of hydrogen-bond donors (Lipinski definition) is 1. The molecule has 4 heteroatoms. The van der Waals surface area contributed by atoms with Crippen LogP contribution in [0, 0.1) is 0 Å². The molecular formula is C17H25NO3. The van der Waals surface area contributed by atoms with Crippen LogP contribution in [0.1, 0.15) is 39.2 Å². The Morgan fingerprint density at radius 1 is 1.29 bits per heavy atom. The second-order valence-electron chi connectivity index (χ2n) is 6.65. The lowest BCUT2D eigenvalue weighted by Gasteiger charge is -2.30. The van der Waals surface area contributed by atoms with Crippen LogP contribution < -0.4 is 4.74 Å². The van der Waals surface area contributed by atoms with E-state index in [1.165, 1.54) is 0 Å². The predicted octanol–water partition coefficient (Wildman–Crippen LogP) is 2.35. The number of amides is 1. The highest BCUT2D eigenvalue weighted by atomic mass is 16.5. The zero-order valence-corrected chi connectivity index (χ0v) is 13.1. The molecule has 0 bridgehead atoms. The zero-order valence-electron chi connectivity index (χ0n) is 13.1. The van der Waals surface area contributed by atoms with E-state index in [1.807, 2.05) is 24.3 Å². The standard InChI is InChI=1S/C17H25NO3/c1-17(2,3)14-6-4-5-7-15(14)21-12-16(20)18-10-8-13(19)9-11-18/h4-7,13,19H,8-12H2,1-3H3. The Bertz CT molecular complexity index is 485. The van der Waals surface area contributed by atoms with Gasteiger partial charge in [-0.2, -0.15) is 0 Å². The summed E-state index contributed by atoms with van der Waals surface area (Å²) in [6, 6.07) is 7.86. The van der Waals surface area contributed by atoms with Crippen molar-refractivity contribution in [2.75, 3.05) is 19.7 Å². The van der Waals surface area contributed by atoms with E-state index in [0.717, 1.165) is 11.3 Å². The van der Waals surface area contributed by atoms with Gasteiger partial charge in [-0.15, -0.1) is 0 Å². The van der Waals surface area contributed by atoms with E-state index >= 15 is 0 Å². The van der Waals surface area contributed by atoms with E-state index in [2.05, 4.69) is 20.8 Å². The highest BCUT2D eigenvalue weighted by Gasteiger charge is 2.23. The van der Waals surface area contributed by atoms with Gasteiger partial charge in [0.1, 0.15) is 5.75 Å². The Morgan fingerprint density at radius 2 is 1.90 bits per heavy atom. The first-order valence-corrected chi connectivity index (χ1v) is 7.56. The molecular weight excluding hydrogens is 266 g/mol. The lowest BCUT2D eigenvalue weighted by Crippen LogP contribution is -2.42. The zero-order chi connectivity index (χ0) is 15.5. The Balaban J connectivity index is 1.96. The SMILES string of the molecule is CC(C)(C)c1ccccc1OCC(=O)N1CCC(O)CC1. The van der Waals surface area contributed by atoms with Crippen LogP contribution in [0.25, 0.3) is 0 Å². The number of carbonyl (C=O) groups is 1. The number of carbonyl (C=O) groups excluding carboxylic acids is 1. The van der Waals surface area contributed by atoms with E-state index in [-0.39, 0.29) is 24.0 Å². The van der Waals surface area contributed by atoms with E-state index in [1.54, 1.807) is 4.90 Å². The summed E-state index contributed by atoms with van der Waals surface area (Å²) in [6.45, 7) is 7.67. The average Bonchev–Trinajstić information content (AvgIpc) is 2.45. The van der Waals surface area contributed by atoms with Gasteiger partial charge in [0.25, 0.3) is 5.91 Å². The van der Waals surface area contributed by atoms with E-state index in [0.29, 0.717) is 25.9 Å². The number of nitrogens with zero attached hydrogens (tertiary/aromatic N) is 1. The van der Waals surface area contributed by atoms with Crippen molar-refractivity contribution in [1.82, 2.24) is 4.90 Å². The molecule has 0 radical (unpaired) electrons. The maximum absolute atomic E-state index is 12.2. The molecule has 1 heterocycles. The lowest BCUT2D eigenvalue weighted by molar-refractivity contribution is -0.135. The van der Waals surface area contributed by atoms with Crippen LogP contribution in [-0.4, -0.2) is 41.7 Å². The lowest BCUT2D eigenvalue weighted by atomic mass is 9.86. The number of ether oxygens (including phenoxy) is 1. The molecule has 0 atom stereocenters. The molecule has 4 nitrogen and oxygen atoms in total. The van der Waals surface area contributed by atoms with Crippen LogP contribution in [-0.2, 0) is 10.2 Å². The van der Waals surface area contributed by atoms with Crippen LogP contribution in [0.15, 0.2) is 24.3 Å². The highest BCUT2D eigenvalue weighted by molar-refractivity contribution is 5.77. The van der Waals surface area contributed by atoms with Gasteiger partial charge < -0.3 is 14.7 Å². The third-order valence-corrected chi connectivity index (χ3v) is 3.86. The first-order valence-electron chi connectivity index (χ1n) is 7.56. The van der Waals surface area contributed by atoms with Crippen LogP contribution in [0.5, 0.6) is 5.75 Å². The number of aliphatic hydroxyl groups excluding tert-OH is 1. The largest absolute Gasteiger partial charge is 0.483 e. The van der Waals surface area contributed by atoms with Gasteiger partial charge in [-0.3, -0.25) is 4.79 Å². The molecule has 0 unspecified atom stereocenters. The summed E-state index contributed by atoms with van der Waals surface area (Å²) >= 11 is 0. The monoisotopic (exact) mass is 291 g/mol. The van der Waals surface area contributed by atoms with Crippen molar-refractivity contribution >= 4 is 5.91 Å². The van der Waals surface area contributed by atoms with Gasteiger partial charge in [-0.1, -0.05) is 39.0 Å². The molecule has 0 saturated carbocycles. The summed E-state index contributed by atoms with van der Waals surface area (Å²) < 4.78 is 5.75. The molecule has 1 aromatic rings. The summed E-state index contributed by atoms with van der Waals surface area (Å²) in [5.41, 5.74) is 1.08. The van der Waals surface area contributed by atoms with Gasteiger partial charge >= 0.3 is 0 Å². The van der Waals surface area contributed by atoms with Gasteiger partial charge in [0.05, 0.1) is 6.10 Å².